The largest absolute Gasteiger partial charge is 0.454 e. The van der Waals surface area contributed by atoms with E-state index < -0.39 is 21.5 Å². The van der Waals surface area contributed by atoms with Crippen LogP contribution in [0.25, 0.3) is 0 Å². The predicted molar refractivity (Wildman–Crippen MR) is 99.1 cm³/mol. The van der Waals surface area contributed by atoms with Crippen molar-refractivity contribution in [1.82, 2.24) is 0 Å². The molecular weight excluding hydrogens is 354 g/mol. The Morgan fingerprint density at radius 2 is 1.81 bits per heavy atom. The number of ether oxygens (including phenoxy) is 2. The van der Waals surface area contributed by atoms with Gasteiger partial charge in [-0.3, -0.25) is 4.79 Å². The second kappa shape index (κ2) is 7.78. The van der Waals surface area contributed by atoms with Crippen molar-refractivity contribution in [2.45, 2.75) is 25.5 Å². The quantitative estimate of drug-likeness (QED) is 0.805. The van der Waals surface area contributed by atoms with Gasteiger partial charge in [-0.1, -0.05) is 43.7 Å². The first-order valence-corrected chi connectivity index (χ1v) is 10.3. The fourth-order valence-electron chi connectivity index (χ4n) is 2.84. The van der Waals surface area contributed by atoms with Crippen LogP contribution in [0.2, 0.25) is 0 Å². The van der Waals surface area contributed by atoms with Crippen LogP contribution in [0.15, 0.2) is 42.5 Å². The molecule has 1 amide bonds. The average Bonchev–Trinajstić information content (AvgIpc) is 3.02. The molecule has 0 aromatic heterocycles. The highest BCUT2D eigenvalue weighted by Crippen LogP contribution is 2.37. The second-order valence-corrected chi connectivity index (χ2v) is 8.24. The fourth-order valence-corrected chi connectivity index (χ4v) is 4.12. The molecule has 0 aliphatic carbocycles. The molecule has 1 aliphatic rings. The number of rotatable bonds is 7. The van der Waals surface area contributed by atoms with Crippen LogP contribution in [-0.2, 0) is 26.8 Å². The summed E-state index contributed by atoms with van der Waals surface area (Å²) < 4.78 is 35.3. The van der Waals surface area contributed by atoms with Gasteiger partial charge in [-0.2, -0.15) is 0 Å². The molecular formula is C19H21NO5S. The minimum Gasteiger partial charge on any atom is -0.454 e. The van der Waals surface area contributed by atoms with Crippen LogP contribution >= 0.6 is 0 Å². The highest BCUT2D eigenvalue weighted by Gasteiger charge is 2.21. The van der Waals surface area contributed by atoms with E-state index in [0.29, 0.717) is 22.7 Å². The van der Waals surface area contributed by atoms with Crippen LogP contribution in [0.4, 0.5) is 5.69 Å². The molecule has 7 heteroatoms. The van der Waals surface area contributed by atoms with E-state index in [1.165, 1.54) is 0 Å². The van der Waals surface area contributed by atoms with Gasteiger partial charge in [0.15, 0.2) is 21.3 Å². The maximum atomic E-state index is 12.3. The highest BCUT2D eigenvalue weighted by molar-refractivity contribution is 7.91. The average molecular weight is 375 g/mol. The van der Waals surface area contributed by atoms with Gasteiger partial charge < -0.3 is 14.8 Å². The number of amides is 1. The topological polar surface area (TPSA) is 81.7 Å². The number of hydrogen-bond donors (Lipinski definition) is 1. The highest BCUT2D eigenvalue weighted by atomic mass is 32.2. The van der Waals surface area contributed by atoms with Crippen LogP contribution in [0.3, 0.4) is 0 Å². The van der Waals surface area contributed by atoms with Gasteiger partial charge in [-0.05, 0) is 23.6 Å². The Bertz CT molecular complexity index is 894. The van der Waals surface area contributed by atoms with E-state index in [1.54, 1.807) is 30.3 Å². The zero-order valence-electron chi connectivity index (χ0n) is 14.5. The van der Waals surface area contributed by atoms with Gasteiger partial charge in [-0.15, -0.1) is 0 Å². The Morgan fingerprint density at radius 1 is 1.12 bits per heavy atom. The smallest absolute Gasteiger partial charge is 0.239 e. The first-order valence-electron chi connectivity index (χ1n) is 8.43. The fraction of sp³-hybridized carbons (Fsp3) is 0.316. The van der Waals surface area contributed by atoms with E-state index in [1.807, 2.05) is 19.1 Å². The second-order valence-electron chi connectivity index (χ2n) is 6.18. The molecule has 0 spiro atoms. The minimum absolute atomic E-state index is 0.143. The van der Waals surface area contributed by atoms with Gasteiger partial charge in [0.25, 0.3) is 0 Å². The molecule has 26 heavy (non-hydrogen) atoms. The molecule has 2 aromatic carbocycles. The lowest BCUT2D eigenvalue weighted by molar-refractivity contribution is -0.113. The standard InChI is InChI=1S/C19H21NO5S/c1-2-6-15-9-17-18(25-13-24-17)10-16(15)20-19(21)12-26(22,23)11-14-7-4-3-5-8-14/h3-5,7-10H,2,6,11-13H2,1H3,(H,20,21). The molecule has 0 atom stereocenters. The maximum absolute atomic E-state index is 12.3. The number of carbonyl (C=O) groups is 1. The Morgan fingerprint density at radius 3 is 2.50 bits per heavy atom. The van der Waals surface area contributed by atoms with E-state index >= 15 is 0 Å². The van der Waals surface area contributed by atoms with Crippen molar-refractivity contribution in [3.05, 3.63) is 53.6 Å². The summed E-state index contributed by atoms with van der Waals surface area (Å²) in [5, 5.41) is 2.71. The molecule has 6 nitrogen and oxygen atoms in total. The summed E-state index contributed by atoms with van der Waals surface area (Å²) in [5.74, 6) is -0.0980. The van der Waals surface area contributed by atoms with E-state index in [4.69, 9.17) is 9.47 Å². The van der Waals surface area contributed by atoms with Crippen LogP contribution in [-0.4, -0.2) is 26.9 Å². The number of aryl methyl sites for hydroxylation is 1. The molecule has 2 aromatic rings. The van der Waals surface area contributed by atoms with E-state index in [9.17, 15) is 13.2 Å². The molecule has 0 fully saturated rings. The van der Waals surface area contributed by atoms with Gasteiger partial charge in [0.2, 0.25) is 12.7 Å². The lowest BCUT2D eigenvalue weighted by Gasteiger charge is -2.12. The zero-order valence-corrected chi connectivity index (χ0v) is 15.3. The summed E-state index contributed by atoms with van der Waals surface area (Å²) in [6.45, 7) is 2.17. The van der Waals surface area contributed by atoms with Crippen molar-refractivity contribution in [1.29, 1.82) is 0 Å². The molecule has 1 aliphatic heterocycles. The predicted octanol–water partition coefficient (Wildman–Crippen LogP) is 2.92. The molecule has 3 rings (SSSR count). The molecule has 0 saturated carbocycles. The van der Waals surface area contributed by atoms with Crippen molar-refractivity contribution in [3.8, 4) is 11.5 Å². The number of anilines is 1. The van der Waals surface area contributed by atoms with Crippen molar-refractivity contribution in [3.63, 3.8) is 0 Å². The van der Waals surface area contributed by atoms with E-state index in [2.05, 4.69) is 5.32 Å². The monoisotopic (exact) mass is 375 g/mol. The van der Waals surface area contributed by atoms with Gasteiger partial charge in [-0.25, -0.2) is 8.42 Å². The Hall–Kier alpha value is -2.54. The number of sulfone groups is 1. The Labute approximate surface area is 153 Å². The molecule has 1 heterocycles. The summed E-state index contributed by atoms with van der Waals surface area (Å²) in [5.41, 5.74) is 2.12. The number of carbonyl (C=O) groups excluding carboxylic acids is 1. The molecule has 1 N–H and O–H groups in total. The van der Waals surface area contributed by atoms with Crippen LogP contribution in [0.1, 0.15) is 24.5 Å². The SMILES string of the molecule is CCCc1cc2c(cc1NC(=O)CS(=O)(=O)Cc1ccccc1)OCO2. The van der Waals surface area contributed by atoms with Gasteiger partial charge in [0.1, 0.15) is 5.75 Å². The van der Waals surface area contributed by atoms with Gasteiger partial charge >= 0.3 is 0 Å². The van der Waals surface area contributed by atoms with Gasteiger partial charge in [0, 0.05) is 11.8 Å². The van der Waals surface area contributed by atoms with Crippen LogP contribution < -0.4 is 14.8 Å². The Balaban J connectivity index is 1.71. The third-order valence-corrected chi connectivity index (χ3v) is 5.45. The lowest BCUT2D eigenvalue weighted by Crippen LogP contribution is -2.24. The first kappa shape index (κ1) is 18.3. The van der Waals surface area contributed by atoms with Crippen molar-refractivity contribution >= 4 is 21.4 Å². The summed E-state index contributed by atoms with van der Waals surface area (Å²) in [6.07, 6.45) is 1.62. The molecule has 0 bridgehead atoms. The Kier molecular flexibility index (Phi) is 5.46. The van der Waals surface area contributed by atoms with Crippen molar-refractivity contribution < 1.29 is 22.7 Å². The normalized spacial score (nSPS) is 12.8. The summed E-state index contributed by atoms with van der Waals surface area (Å²) >= 11 is 0. The number of benzene rings is 2. The lowest BCUT2D eigenvalue weighted by atomic mass is 10.1. The minimum atomic E-state index is -3.56. The summed E-state index contributed by atoms with van der Waals surface area (Å²) in [4.78, 5) is 12.3. The first-order chi connectivity index (χ1) is 12.5. The van der Waals surface area contributed by atoms with Crippen molar-refractivity contribution in [2.75, 3.05) is 17.9 Å². The van der Waals surface area contributed by atoms with Crippen molar-refractivity contribution in [2.24, 2.45) is 0 Å². The molecule has 0 radical (unpaired) electrons. The van der Waals surface area contributed by atoms with E-state index in [0.717, 1.165) is 18.4 Å². The molecule has 138 valence electrons. The third-order valence-electron chi connectivity index (χ3n) is 3.97. The number of nitrogens with one attached hydrogen (secondary N) is 1. The zero-order chi connectivity index (χ0) is 18.6. The van der Waals surface area contributed by atoms with Crippen LogP contribution in [0.5, 0.6) is 11.5 Å². The maximum Gasteiger partial charge on any atom is 0.239 e. The summed E-state index contributed by atoms with van der Waals surface area (Å²) in [6, 6.07) is 12.3. The number of hydrogen-bond acceptors (Lipinski definition) is 5. The van der Waals surface area contributed by atoms with Gasteiger partial charge in [0.05, 0.1) is 5.75 Å². The third kappa shape index (κ3) is 4.54. The van der Waals surface area contributed by atoms with Crippen LogP contribution in [0, 0.1) is 0 Å². The summed E-state index contributed by atoms with van der Waals surface area (Å²) in [7, 11) is -3.56. The molecule has 0 saturated heterocycles. The molecule has 0 unspecified atom stereocenters. The van der Waals surface area contributed by atoms with E-state index in [-0.39, 0.29) is 12.5 Å². The number of fused-ring (bicyclic) bond motifs is 1.